The molecular formula is C20H25NO. The van der Waals surface area contributed by atoms with Gasteiger partial charge < -0.3 is 4.90 Å². The molecule has 0 fully saturated rings. The molecule has 1 amide bonds. The highest BCUT2D eigenvalue weighted by Gasteiger charge is 2.18. The van der Waals surface area contributed by atoms with Crippen LogP contribution in [-0.2, 0) is 5.41 Å². The summed E-state index contributed by atoms with van der Waals surface area (Å²) in [6.07, 6.45) is 0. The highest BCUT2D eigenvalue weighted by atomic mass is 16.2. The molecule has 2 nitrogen and oxygen atoms in total. The van der Waals surface area contributed by atoms with Crippen LogP contribution in [0.15, 0.2) is 48.5 Å². The van der Waals surface area contributed by atoms with Gasteiger partial charge in [0.15, 0.2) is 0 Å². The molecule has 116 valence electrons. The smallest absolute Gasteiger partial charge is 0.258 e. The molecule has 0 atom stereocenters. The third-order valence-corrected chi connectivity index (χ3v) is 3.87. The van der Waals surface area contributed by atoms with Crippen molar-refractivity contribution in [1.82, 2.24) is 0 Å². The Kier molecular flexibility index (Phi) is 4.70. The van der Waals surface area contributed by atoms with Crippen molar-refractivity contribution in [3.05, 3.63) is 65.2 Å². The van der Waals surface area contributed by atoms with Gasteiger partial charge in [-0.3, -0.25) is 4.79 Å². The average Bonchev–Trinajstić information content (AvgIpc) is 2.47. The number of nitrogens with zero attached hydrogens (tertiary/aromatic N) is 1. The van der Waals surface area contributed by atoms with Crippen molar-refractivity contribution in [2.24, 2.45) is 0 Å². The van der Waals surface area contributed by atoms with Crippen molar-refractivity contribution in [3.63, 3.8) is 0 Å². The lowest BCUT2D eigenvalue weighted by Gasteiger charge is -2.23. The number of hydrogen-bond donors (Lipinski definition) is 0. The molecule has 0 radical (unpaired) electrons. The third kappa shape index (κ3) is 3.56. The summed E-state index contributed by atoms with van der Waals surface area (Å²) in [6, 6.07) is 16.0. The summed E-state index contributed by atoms with van der Waals surface area (Å²) >= 11 is 0. The first-order valence-corrected chi connectivity index (χ1v) is 7.82. The van der Waals surface area contributed by atoms with Crippen molar-refractivity contribution in [3.8, 4) is 0 Å². The van der Waals surface area contributed by atoms with E-state index in [4.69, 9.17) is 0 Å². The minimum absolute atomic E-state index is 0.0496. The maximum atomic E-state index is 12.8. The predicted octanol–water partition coefficient (Wildman–Crippen LogP) is 4.96. The minimum Gasteiger partial charge on any atom is -0.309 e. The van der Waals surface area contributed by atoms with Gasteiger partial charge in [-0.1, -0.05) is 45.0 Å². The molecule has 2 aromatic carbocycles. The van der Waals surface area contributed by atoms with Gasteiger partial charge in [-0.2, -0.15) is 0 Å². The van der Waals surface area contributed by atoms with Gasteiger partial charge in [-0.15, -0.1) is 0 Å². The molecule has 0 saturated carbocycles. The molecule has 0 aliphatic carbocycles. The first-order valence-electron chi connectivity index (χ1n) is 7.82. The zero-order valence-electron chi connectivity index (χ0n) is 14.2. The van der Waals surface area contributed by atoms with Crippen LogP contribution in [0.25, 0.3) is 0 Å². The van der Waals surface area contributed by atoms with Crippen LogP contribution in [0.3, 0.4) is 0 Å². The molecule has 0 N–H and O–H groups in total. The summed E-state index contributed by atoms with van der Waals surface area (Å²) in [5.74, 6) is 0.0496. The Morgan fingerprint density at radius 1 is 1.05 bits per heavy atom. The van der Waals surface area contributed by atoms with Crippen LogP contribution in [0.5, 0.6) is 0 Å². The largest absolute Gasteiger partial charge is 0.309 e. The first kappa shape index (κ1) is 16.3. The quantitative estimate of drug-likeness (QED) is 0.783. The molecule has 0 spiro atoms. The van der Waals surface area contributed by atoms with E-state index in [1.807, 2.05) is 55.1 Å². The van der Waals surface area contributed by atoms with Crippen LogP contribution < -0.4 is 4.90 Å². The Hall–Kier alpha value is -2.09. The van der Waals surface area contributed by atoms with Crippen molar-refractivity contribution < 1.29 is 4.79 Å². The van der Waals surface area contributed by atoms with Gasteiger partial charge >= 0.3 is 0 Å². The molecule has 0 unspecified atom stereocenters. The van der Waals surface area contributed by atoms with Crippen LogP contribution >= 0.6 is 0 Å². The van der Waals surface area contributed by atoms with Gasteiger partial charge in [0.25, 0.3) is 5.91 Å². The SMILES string of the molecule is CCN(C(=O)c1ccc(C(C)(C)C)cc1)c1cccc(C)c1. The fraction of sp³-hybridized carbons (Fsp3) is 0.350. The van der Waals surface area contributed by atoms with Crippen molar-refractivity contribution in [1.29, 1.82) is 0 Å². The fourth-order valence-corrected chi connectivity index (χ4v) is 2.51. The molecule has 0 aliphatic rings. The average molecular weight is 295 g/mol. The van der Waals surface area contributed by atoms with Crippen molar-refractivity contribution in [2.45, 2.75) is 40.0 Å². The van der Waals surface area contributed by atoms with Gasteiger partial charge in [-0.05, 0) is 54.7 Å². The van der Waals surface area contributed by atoms with Crippen LogP contribution in [0.2, 0.25) is 0 Å². The van der Waals surface area contributed by atoms with Gasteiger partial charge in [0, 0.05) is 17.8 Å². The highest BCUT2D eigenvalue weighted by Crippen LogP contribution is 2.23. The molecule has 0 aliphatic heterocycles. The Morgan fingerprint density at radius 3 is 2.18 bits per heavy atom. The lowest BCUT2D eigenvalue weighted by Crippen LogP contribution is -2.30. The Balaban J connectivity index is 2.29. The second-order valence-electron chi connectivity index (χ2n) is 6.72. The summed E-state index contributed by atoms with van der Waals surface area (Å²) in [6.45, 7) is 11.2. The topological polar surface area (TPSA) is 20.3 Å². The standard InChI is InChI=1S/C20H25NO/c1-6-21(18-9-7-8-15(2)14-18)19(22)16-10-12-17(13-11-16)20(3,4)5/h7-14H,6H2,1-5H3. The zero-order chi connectivity index (χ0) is 16.3. The lowest BCUT2D eigenvalue weighted by molar-refractivity contribution is 0.0988. The third-order valence-electron chi connectivity index (χ3n) is 3.87. The first-order chi connectivity index (χ1) is 10.3. The molecule has 2 rings (SSSR count). The maximum Gasteiger partial charge on any atom is 0.258 e. The minimum atomic E-state index is 0.0496. The molecule has 0 aromatic heterocycles. The molecule has 22 heavy (non-hydrogen) atoms. The summed E-state index contributed by atoms with van der Waals surface area (Å²) in [5.41, 5.74) is 4.18. The summed E-state index contributed by atoms with van der Waals surface area (Å²) < 4.78 is 0. The second kappa shape index (κ2) is 6.35. The Bertz CT molecular complexity index is 650. The molecule has 2 aromatic rings. The second-order valence-corrected chi connectivity index (χ2v) is 6.72. The van der Waals surface area contributed by atoms with E-state index in [2.05, 4.69) is 32.9 Å². The van der Waals surface area contributed by atoms with E-state index in [1.165, 1.54) is 5.56 Å². The number of carbonyl (C=O) groups excluding carboxylic acids is 1. The molecule has 2 heteroatoms. The zero-order valence-corrected chi connectivity index (χ0v) is 14.2. The van der Waals surface area contributed by atoms with E-state index in [0.29, 0.717) is 6.54 Å². The monoisotopic (exact) mass is 295 g/mol. The van der Waals surface area contributed by atoms with Crippen LogP contribution in [0.1, 0.15) is 49.2 Å². The van der Waals surface area contributed by atoms with E-state index in [1.54, 1.807) is 0 Å². The molecule has 0 saturated heterocycles. The van der Waals surface area contributed by atoms with Crippen LogP contribution in [0.4, 0.5) is 5.69 Å². The Labute approximate surface area is 133 Å². The predicted molar refractivity (Wildman–Crippen MR) is 93.7 cm³/mol. The summed E-state index contributed by atoms with van der Waals surface area (Å²) in [7, 11) is 0. The number of carbonyl (C=O) groups is 1. The number of anilines is 1. The highest BCUT2D eigenvalue weighted by molar-refractivity contribution is 6.06. The fourth-order valence-electron chi connectivity index (χ4n) is 2.51. The van der Waals surface area contributed by atoms with Crippen LogP contribution in [0, 0.1) is 6.92 Å². The van der Waals surface area contributed by atoms with E-state index < -0.39 is 0 Å². The summed E-state index contributed by atoms with van der Waals surface area (Å²) in [5, 5.41) is 0. The van der Waals surface area contributed by atoms with Crippen molar-refractivity contribution in [2.75, 3.05) is 11.4 Å². The normalized spacial score (nSPS) is 11.3. The van der Waals surface area contributed by atoms with Crippen LogP contribution in [-0.4, -0.2) is 12.5 Å². The lowest BCUT2D eigenvalue weighted by atomic mass is 9.86. The number of benzene rings is 2. The van der Waals surface area contributed by atoms with E-state index in [9.17, 15) is 4.79 Å². The number of rotatable bonds is 3. The Morgan fingerprint density at radius 2 is 1.68 bits per heavy atom. The molecule has 0 bridgehead atoms. The van der Waals surface area contributed by atoms with Gasteiger partial charge in [0.2, 0.25) is 0 Å². The van der Waals surface area contributed by atoms with E-state index in [0.717, 1.165) is 16.8 Å². The van der Waals surface area contributed by atoms with Gasteiger partial charge in [-0.25, -0.2) is 0 Å². The van der Waals surface area contributed by atoms with Crippen molar-refractivity contribution >= 4 is 11.6 Å². The van der Waals surface area contributed by atoms with E-state index >= 15 is 0 Å². The molecular weight excluding hydrogens is 270 g/mol. The molecule has 0 heterocycles. The number of hydrogen-bond acceptors (Lipinski definition) is 1. The summed E-state index contributed by atoms with van der Waals surface area (Å²) in [4.78, 5) is 14.6. The number of amides is 1. The van der Waals surface area contributed by atoms with Gasteiger partial charge in [0.1, 0.15) is 0 Å². The maximum absolute atomic E-state index is 12.8. The number of aryl methyl sites for hydroxylation is 1. The van der Waals surface area contributed by atoms with E-state index in [-0.39, 0.29) is 11.3 Å². The van der Waals surface area contributed by atoms with Gasteiger partial charge in [0.05, 0.1) is 0 Å².